The molecule has 2 aliphatic rings. The van der Waals surface area contributed by atoms with Crippen molar-refractivity contribution in [2.24, 2.45) is 0 Å². The lowest BCUT2D eigenvalue weighted by molar-refractivity contribution is -0.151. The SMILES string of the molecule is CC1=C(C(=O)Nc2cccc(F)c2)C2(CCN(C(C)C)CC2)OC1=O. The molecule has 1 aromatic carbocycles. The highest BCUT2D eigenvalue weighted by atomic mass is 19.1. The number of carbonyl (C=O) groups excluding carboxylic acids is 2. The monoisotopic (exact) mass is 346 g/mol. The predicted octanol–water partition coefficient (Wildman–Crippen LogP) is 2.88. The van der Waals surface area contributed by atoms with Crippen LogP contribution in [0.4, 0.5) is 10.1 Å². The number of halogens is 1. The Bertz CT molecular complexity index is 734. The van der Waals surface area contributed by atoms with E-state index in [4.69, 9.17) is 4.74 Å². The normalized spacial score (nSPS) is 20.3. The first kappa shape index (κ1) is 17.6. The quantitative estimate of drug-likeness (QED) is 0.855. The molecule has 1 spiro atoms. The molecule has 0 bridgehead atoms. The maximum absolute atomic E-state index is 13.4. The number of carbonyl (C=O) groups is 2. The van der Waals surface area contributed by atoms with E-state index < -0.39 is 23.3 Å². The number of benzene rings is 1. The topological polar surface area (TPSA) is 58.6 Å². The van der Waals surface area contributed by atoms with Crippen molar-refractivity contribution >= 4 is 17.6 Å². The Morgan fingerprint density at radius 1 is 1.32 bits per heavy atom. The van der Waals surface area contributed by atoms with Crippen LogP contribution < -0.4 is 5.32 Å². The van der Waals surface area contributed by atoms with Gasteiger partial charge in [-0.1, -0.05) is 6.07 Å². The first-order valence-corrected chi connectivity index (χ1v) is 8.58. The number of piperidine rings is 1. The van der Waals surface area contributed by atoms with Crippen LogP contribution in [0.25, 0.3) is 0 Å². The highest BCUT2D eigenvalue weighted by Crippen LogP contribution is 2.41. The smallest absolute Gasteiger partial charge is 0.335 e. The van der Waals surface area contributed by atoms with Gasteiger partial charge in [-0.15, -0.1) is 0 Å². The largest absolute Gasteiger partial charge is 0.450 e. The molecule has 5 nitrogen and oxygen atoms in total. The van der Waals surface area contributed by atoms with Gasteiger partial charge in [0.05, 0.1) is 5.57 Å². The van der Waals surface area contributed by atoms with Gasteiger partial charge in [-0.25, -0.2) is 9.18 Å². The summed E-state index contributed by atoms with van der Waals surface area (Å²) < 4.78 is 19.0. The van der Waals surface area contributed by atoms with Crippen molar-refractivity contribution in [3.05, 3.63) is 41.2 Å². The van der Waals surface area contributed by atoms with Crippen LogP contribution in [0.15, 0.2) is 35.4 Å². The first-order chi connectivity index (χ1) is 11.8. The minimum absolute atomic E-state index is 0.340. The van der Waals surface area contributed by atoms with Crippen LogP contribution in [-0.4, -0.2) is 41.5 Å². The lowest BCUT2D eigenvalue weighted by Gasteiger charge is -2.40. The molecule has 1 saturated heterocycles. The summed E-state index contributed by atoms with van der Waals surface area (Å²) in [6.45, 7) is 7.38. The lowest BCUT2D eigenvalue weighted by Crippen LogP contribution is -2.49. The number of nitrogens with one attached hydrogen (secondary N) is 1. The van der Waals surface area contributed by atoms with E-state index >= 15 is 0 Å². The van der Waals surface area contributed by atoms with Crippen molar-refractivity contribution in [2.45, 2.75) is 45.3 Å². The highest BCUT2D eigenvalue weighted by Gasteiger charge is 2.50. The van der Waals surface area contributed by atoms with E-state index in [9.17, 15) is 14.0 Å². The fourth-order valence-corrected chi connectivity index (χ4v) is 3.64. The number of amides is 1. The zero-order chi connectivity index (χ0) is 18.2. The van der Waals surface area contributed by atoms with Gasteiger partial charge < -0.3 is 15.0 Å². The standard InChI is InChI=1S/C19H23FN2O3/c1-12(2)22-9-7-19(8-10-22)16(13(3)18(24)25-19)17(23)21-15-6-4-5-14(20)11-15/h4-6,11-12H,7-10H2,1-3H3,(H,21,23). The molecule has 134 valence electrons. The Hall–Kier alpha value is -2.21. The molecule has 0 unspecified atom stereocenters. The average Bonchev–Trinajstić information content (AvgIpc) is 2.78. The molecule has 1 N–H and O–H groups in total. The van der Waals surface area contributed by atoms with Crippen LogP contribution in [0.2, 0.25) is 0 Å². The molecule has 2 heterocycles. The summed E-state index contributed by atoms with van der Waals surface area (Å²) in [6, 6.07) is 6.11. The molecule has 3 rings (SSSR count). The van der Waals surface area contributed by atoms with Gasteiger partial charge in [0.1, 0.15) is 11.4 Å². The van der Waals surface area contributed by atoms with Gasteiger partial charge in [0.2, 0.25) is 0 Å². The maximum atomic E-state index is 13.4. The van der Waals surface area contributed by atoms with Crippen LogP contribution in [0.3, 0.4) is 0 Å². The number of nitrogens with zero attached hydrogens (tertiary/aromatic N) is 1. The maximum Gasteiger partial charge on any atom is 0.335 e. The predicted molar refractivity (Wildman–Crippen MR) is 92.5 cm³/mol. The van der Waals surface area contributed by atoms with Crippen LogP contribution in [0, 0.1) is 5.82 Å². The molecular weight excluding hydrogens is 323 g/mol. The first-order valence-electron chi connectivity index (χ1n) is 8.58. The molecule has 0 aliphatic carbocycles. The van der Waals surface area contributed by atoms with Crippen molar-refractivity contribution in [1.82, 2.24) is 4.90 Å². The minimum atomic E-state index is -0.871. The van der Waals surface area contributed by atoms with Gasteiger partial charge in [-0.05, 0) is 39.0 Å². The molecule has 1 aromatic rings. The van der Waals surface area contributed by atoms with Gasteiger partial charge in [0.25, 0.3) is 5.91 Å². The van der Waals surface area contributed by atoms with Crippen LogP contribution in [-0.2, 0) is 14.3 Å². The highest BCUT2D eigenvalue weighted by molar-refractivity contribution is 6.12. The summed E-state index contributed by atoms with van der Waals surface area (Å²) in [6.07, 6.45) is 1.17. The van der Waals surface area contributed by atoms with Crippen LogP contribution in [0.5, 0.6) is 0 Å². The summed E-state index contributed by atoms with van der Waals surface area (Å²) in [5.41, 5.74) is 0.209. The van der Waals surface area contributed by atoms with Crippen LogP contribution in [0.1, 0.15) is 33.6 Å². The fraction of sp³-hybridized carbons (Fsp3) is 0.474. The molecule has 6 heteroatoms. The average molecular weight is 346 g/mol. The summed E-state index contributed by atoms with van der Waals surface area (Å²) in [4.78, 5) is 27.3. The number of likely N-dealkylation sites (tertiary alicyclic amines) is 1. The number of esters is 1. The van der Waals surface area contributed by atoms with E-state index in [2.05, 4.69) is 24.1 Å². The van der Waals surface area contributed by atoms with E-state index in [1.165, 1.54) is 18.2 Å². The van der Waals surface area contributed by atoms with Crippen molar-refractivity contribution in [3.8, 4) is 0 Å². The van der Waals surface area contributed by atoms with Crippen molar-refractivity contribution < 1.29 is 18.7 Å². The molecule has 1 amide bonds. The Morgan fingerprint density at radius 3 is 2.60 bits per heavy atom. The lowest BCUT2D eigenvalue weighted by atomic mass is 9.82. The van der Waals surface area contributed by atoms with Gasteiger partial charge in [-0.3, -0.25) is 4.79 Å². The van der Waals surface area contributed by atoms with Crippen molar-refractivity contribution in [3.63, 3.8) is 0 Å². The molecule has 0 radical (unpaired) electrons. The molecule has 0 saturated carbocycles. The van der Waals surface area contributed by atoms with E-state index in [0.29, 0.717) is 35.7 Å². The van der Waals surface area contributed by atoms with Crippen molar-refractivity contribution in [1.29, 1.82) is 0 Å². The number of hydrogen-bond donors (Lipinski definition) is 1. The molecular formula is C19H23FN2O3. The zero-order valence-electron chi connectivity index (χ0n) is 14.8. The van der Waals surface area contributed by atoms with Gasteiger partial charge in [0.15, 0.2) is 0 Å². The molecule has 0 atom stereocenters. The van der Waals surface area contributed by atoms with Gasteiger partial charge >= 0.3 is 5.97 Å². The van der Waals surface area contributed by atoms with E-state index in [-0.39, 0.29) is 0 Å². The molecule has 1 fully saturated rings. The molecule has 2 aliphatic heterocycles. The van der Waals surface area contributed by atoms with E-state index in [1.54, 1.807) is 13.0 Å². The molecule has 25 heavy (non-hydrogen) atoms. The Kier molecular flexibility index (Phi) is 4.64. The van der Waals surface area contributed by atoms with E-state index in [1.807, 2.05) is 0 Å². The number of hydrogen-bond acceptors (Lipinski definition) is 4. The Morgan fingerprint density at radius 2 is 2.00 bits per heavy atom. The summed E-state index contributed by atoms with van der Waals surface area (Å²) in [5.74, 6) is -1.27. The summed E-state index contributed by atoms with van der Waals surface area (Å²) >= 11 is 0. The van der Waals surface area contributed by atoms with Crippen molar-refractivity contribution in [2.75, 3.05) is 18.4 Å². The number of rotatable bonds is 3. The summed E-state index contributed by atoms with van der Waals surface area (Å²) in [5, 5.41) is 2.70. The third kappa shape index (κ3) is 3.31. The van der Waals surface area contributed by atoms with E-state index in [0.717, 1.165) is 13.1 Å². The van der Waals surface area contributed by atoms with Crippen LogP contribution >= 0.6 is 0 Å². The van der Waals surface area contributed by atoms with Gasteiger partial charge in [-0.2, -0.15) is 0 Å². The van der Waals surface area contributed by atoms with Gasteiger partial charge in [0, 0.05) is 43.2 Å². The zero-order valence-corrected chi connectivity index (χ0v) is 14.8. The second kappa shape index (κ2) is 6.59. The number of ether oxygens (including phenoxy) is 1. The third-order valence-electron chi connectivity index (χ3n) is 5.07. The fourth-order valence-electron chi connectivity index (χ4n) is 3.64. The number of anilines is 1. The Labute approximate surface area is 146 Å². The second-order valence-corrected chi connectivity index (χ2v) is 6.98. The summed E-state index contributed by atoms with van der Waals surface area (Å²) in [7, 11) is 0. The second-order valence-electron chi connectivity index (χ2n) is 6.98. The third-order valence-corrected chi connectivity index (χ3v) is 5.07. The Balaban J connectivity index is 1.84. The molecule has 0 aromatic heterocycles. The minimum Gasteiger partial charge on any atom is -0.450 e.